The van der Waals surface area contributed by atoms with Crippen LogP contribution < -0.4 is 5.32 Å². The molecule has 0 aromatic carbocycles. The van der Waals surface area contributed by atoms with Crippen LogP contribution in [0.15, 0.2) is 0 Å². The van der Waals surface area contributed by atoms with Gasteiger partial charge in [0.1, 0.15) is 0 Å². The van der Waals surface area contributed by atoms with Crippen LogP contribution >= 0.6 is 11.8 Å². The van der Waals surface area contributed by atoms with Crippen LogP contribution in [0.1, 0.15) is 25.7 Å². The van der Waals surface area contributed by atoms with Crippen LogP contribution in [0.25, 0.3) is 0 Å². The van der Waals surface area contributed by atoms with E-state index in [1.54, 1.807) is 0 Å². The fourth-order valence-electron chi connectivity index (χ4n) is 2.42. The first kappa shape index (κ1) is 8.60. The van der Waals surface area contributed by atoms with Crippen molar-refractivity contribution in [1.29, 1.82) is 0 Å². The van der Waals surface area contributed by atoms with Gasteiger partial charge in [0.05, 0.1) is 0 Å². The molecular formula is C11H19NS. The van der Waals surface area contributed by atoms with E-state index in [9.17, 15) is 0 Å². The van der Waals surface area contributed by atoms with Crippen LogP contribution in [-0.2, 0) is 0 Å². The molecule has 0 spiro atoms. The molecule has 2 heteroatoms. The Hall–Kier alpha value is 0.310. The number of hydrogen-bond acceptors (Lipinski definition) is 2. The molecule has 0 amide bonds. The molecule has 0 radical (unpaired) electrons. The number of rotatable bonds is 5. The van der Waals surface area contributed by atoms with Crippen molar-refractivity contribution in [3.8, 4) is 0 Å². The van der Waals surface area contributed by atoms with E-state index in [4.69, 9.17) is 0 Å². The van der Waals surface area contributed by atoms with Crippen molar-refractivity contribution >= 4 is 11.8 Å². The molecule has 0 atom stereocenters. The summed E-state index contributed by atoms with van der Waals surface area (Å²) in [6, 6.07) is 0.866. The van der Waals surface area contributed by atoms with Crippen molar-refractivity contribution in [3.63, 3.8) is 0 Å². The Morgan fingerprint density at radius 3 is 2.08 bits per heavy atom. The molecule has 3 rings (SSSR count). The Kier molecular flexibility index (Phi) is 2.30. The van der Waals surface area contributed by atoms with Crippen LogP contribution in [0.4, 0.5) is 0 Å². The molecule has 1 aliphatic heterocycles. The lowest BCUT2D eigenvalue weighted by Crippen LogP contribution is -2.43. The Morgan fingerprint density at radius 2 is 1.69 bits per heavy atom. The van der Waals surface area contributed by atoms with Crippen molar-refractivity contribution in [2.24, 2.45) is 17.8 Å². The number of hydrogen-bond donors (Lipinski definition) is 1. The molecule has 0 bridgehead atoms. The SMILES string of the molecule is C1SCC1NCC(C1CC1)C1CC1. The summed E-state index contributed by atoms with van der Waals surface area (Å²) in [4.78, 5) is 0. The Bertz CT molecular complexity index is 171. The number of thioether (sulfide) groups is 1. The Balaban J connectivity index is 1.44. The summed E-state index contributed by atoms with van der Waals surface area (Å²) in [6.45, 7) is 1.33. The second kappa shape index (κ2) is 3.47. The van der Waals surface area contributed by atoms with E-state index in [0.29, 0.717) is 0 Å². The van der Waals surface area contributed by atoms with Gasteiger partial charge in [-0.3, -0.25) is 0 Å². The summed E-state index contributed by atoms with van der Waals surface area (Å²) in [6.07, 6.45) is 6.12. The summed E-state index contributed by atoms with van der Waals surface area (Å²) < 4.78 is 0. The fraction of sp³-hybridized carbons (Fsp3) is 1.00. The predicted octanol–water partition coefficient (Wildman–Crippen LogP) is 2.13. The smallest absolute Gasteiger partial charge is 0.0248 e. The van der Waals surface area contributed by atoms with E-state index in [0.717, 1.165) is 23.8 Å². The summed E-state index contributed by atoms with van der Waals surface area (Å²) in [5.41, 5.74) is 0. The monoisotopic (exact) mass is 197 g/mol. The van der Waals surface area contributed by atoms with Crippen LogP contribution in [0.2, 0.25) is 0 Å². The Morgan fingerprint density at radius 1 is 1.08 bits per heavy atom. The first-order valence-corrected chi connectivity index (χ1v) is 6.90. The minimum Gasteiger partial charge on any atom is -0.312 e. The van der Waals surface area contributed by atoms with Gasteiger partial charge in [0.15, 0.2) is 0 Å². The van der Waals surface area contributed by atoms with E-state index in [2.05, 4.69) is 17.1 Å². The molecule has 2 saturated carbocycles. The largest absolute Gasteiger partial charge is 0.312 e. The molecule has 0 aromatic heterocycles. The van der Waals surface area contributed by atoms with Crippen molar-refractivity contribution in [1.82, 2.24) is 5.32 Å². The minimum atomic E-state index is 0.866. The van der Waals surface area contributed by atoms with Crippen molar-refractivity contribution in [3.05, 3.63) is 0 Å². The van der Waals surface area contributed by atoms with Gasteiger partial charge in [-0.15, -0.1) is 0 Å². The van der Waals surface area contributed by atoms with Crippen molar-refractivity contribution < 1.29 is 0 Å². The van der Waals surface area contributed by atoms with Gasteiger partial charge in [0.2, 0.25) is 0 Å². The highest BCUT2D eigenvalue weighted by molar-refractivity contribution is 8.00. The summed E-state index contributed by atoms with van der Waals surface area (Å²) in [7, 11) is 0. The average molecular weight is 197 g/mol. The van der Waals surface area contributed by atoms with Gasteiger partial charge in [-0.1, -0.05) is 0 Å². The topological polar surface area (TPSA) is 12.0 Å². The zero-order valence-electron chi connectivity index (χ0n) is 8.17. The lowest BCUT2D eigenvalue weighted by atomic mass is 9.98. The van der Waals surface area contributed by atoms with Crippen LogP contribution in [0, 0.1) is 17.8 Å². The maximum atomic E-state index is 3.74. The highest BCUT2D eigenvalue weighted by Gasteiger charge is 2.41. The highest BCUT2D eigenvalue weighted by Crippen LogP contribution is 2.48. The van der Waals surface area contributed by atoms with Gasteiger partial charge in [-0.05, 0) is 50.0 Å². The molecule has 1 N–H and O–H groups in total. The third-order valence-electron chi connectivity index (χ3n) is 3.74. The van der Waals surface area contributed by atoms with Gasteiger partial charge in [-0.25, -0.2) is 0 Å². The summed E-state index contributed by atoms with van der Waals surface area (Å²) >= 11 is 2.08. The number of nitrogens with one attached hydrogen (secondary N) is 1. The standard InChI is InChI=1S/C11H19NS/c1-2-8(1)11(9-3-4-9)5-12-10-6-13-7-10/h8-12H,1-7H2. The van der Waals surface area contributed by atoms with Gasteiger partial charge >= 0.3 is 0 Å². The van der Waals surface area contributed by atoms with E-state index < -0.39 is 0 Å². The summed E-state index contributed by atoms with van der Waals surface area (Å²) in [5.74, 6) is 6.02. The van der Waals surface area contributed by atoms with Crippen LogP contribution in [0.3, 0.4) is 0 Å². The van der Waals surface area contributed by atoms with E-state index in [1.807, 2.05) is 0 Å². The van der Waals surface area contributed by atoms with Crippen molar-refractivity contribution in [2.45, 2.75) is 31.7 Å². The van der Waals surface area contributed by atoms with E-state index >= 15 is 0 Å². The maximum Gasteiger partial charge on any atom is 0.0248 e. The minimum absolute atomic E-state index is 0.866. The van der Waals surface area contributed by atoms with Gasteiger partial charge < -0.3 is 5.32 Å². The molecule has 1 saturated heterocycles. The molecule has 1 heterocycles. The van der Waals surface area contributed by atoms with Crippen LogP contribution in [0.5, 0.6) is 0 Å². The third kappa shape index (κ3) is 2.04. The molecule has 2 aliphatic carbocycles. The van der Waals surface area contributed by atoms with Gasteiger partial charge in [0.25, 0.3) is 0 Å². The maximum absolute atomic E-state index is 3.74. The predicted molar refractivity (Wildman–Crippen MR) is 58.1 cm³/mol. The first-order valence-electron chi connectivity index (χ1n) is 5.74. The quantitative estimate of drug-likeness (QED) is 0.724. The molecule has 0 aromatic rings. The molecular weight excluding hydrogens is 178 g/mol. The van der Waals surface area contributed by atoms with Crippen LogP contribution in [-0.4, -0.2) is 24.1 Å². The summed E-state index contributed by atoms with van der Waals surface area (Å²) in [5, 5.41) is 3.74. The van der Waals surface area contributed by atoms with E-state index in [-0.39, 0.29) is 0 Å². The molecule has 1 nitrogen and oxygen atoms in total. The fourth-order valence-corrected chi connectivity index (χ4v) is 3.13. The average Bonchev–Trinajstić information content (AvgIpc) is 2.84. The molecule has 74 valence electrons. The lowest BCUT2D eigenvalue weighted by Gasteiger charge is -2.28. The van der Waals surface area contributed by atoms with Gasteiger partial charge in [0, 0.05) is 17.5 Å². The Labute approximate surface area is 85.0 Å². The molecule has 13 heavy (non-hydrogen) atoms. The second-order valence-corrected chi connectivity index (χ2v) is 6.06. The van der Waals surface area contributed by atoms with Gasteiger partial charge in [-0.2, -0.15) is 11.8 Å². The van der Waals surface area contributed by atoms with Crippen molar-refractivity contribution in [2.75, 3.05) is 18.1 Å². The zero-order chi connectivity index (χ0) is 8.67. The third-order valence-corrected chi connectivity index (χ3v) is 5.01. The lowest BCUT2D eigenvalue weighted by molar-refractivity contribution is 0.365. The normalized spacial score (nSPS) is 29.3. The van der Waals surface area contributed by atoms with E-state index in [1.165, 1.54) is 43.7 Å². The molecule has 0 unspecified atom stereocenters. The molecule has 3 aliphatic rings. The highest BCUT2D eigenvalue weighted by atomic mass is 32.2. The first-order chi connectivity index (χ1) is 6.43. The molecule has 3 fully saturated rings. The zero-order valence-corrected chi connectivity index (χ0v) is 8.98. The second-order valence-electron chi connectivity index (χ2n) is 4.98.